The van der Waals surface area contributed by atoms with Gasteiger partial charge in [-0.25, -0.2) is 0 Å². The lowest BCUT2D eigenvalue weighted by Gasteiger charge is -2.11. The summed E-state index contributed by atoms with van der Waals surface area (Å²) in [5.41, 5.74) is 0. The van der Waals surface area contributed by atoms with E-state index in [1.165, 1.54) is 20.0 Å². The Balaban J connectivity index is 3.55. The molecular formula is C4H10O3Si. The van der Waals surface area contributed by atoms with E-state index in [1.54, 1.807) is 0 Å². The van der Waals surface area contributed by atoms with Crippen molar-refractivity contribution in [2.75, 3.05) is 0 Å². The second-order valence-electron chi connectivity index (χ2n) is 2.04. The molecule has 0 saturated heterocycles. The molecule has 4 heteroatoms. The number of hydrogen-bond acceptors (Lipinski definition) is 3. The minimum absolute atomic E-state index is 0.413. The molecule has 0 atom stereocenters. The fourth-order valence-electron chi connectivity index (χ4n) is 0.352. The summed E-state index contributed by atoms with van der Waals surface area (Å²) in [6.45, 7) is 4.35. The third-order valence-electron chi connectivity index (χ3n) is 0.393. The summed E-state index contributed by atoms with van der Waals surface area (Å²) in [5.74, 6) is -0.413. The molecule has 0 saturated carbocycles. The van der Waals surface area contributed by atoms with Crippen molar-refractivity contribution in [1.29, 1.82) is 0 Å². The Hall–Kier alpha value is -0.353. The van der Waals surface area contributed by atoms with Crippen LogP contribution >= 0.6 is 0 Å². The molecule has 0 aliphatic rings. The van der Waals surface area contributed by atoms with Gasteiger partial charge in [-0.3, -0.25) is 4.79 Å². The van der Waals surface area contributed by atoms with Gasteiger partial charge in [0.2, 0.25) is 0 Å². The number of carbonyl (C=O) groups excluding carboxylic acids is 1. The van der Waals surface area contributed by atoms with Gasteiger partial charge in [-0.1, -0.05) is 0 Å². The van der Waals surface area contributed by atoms with Crippen molar-refractivity contribution in [2.45, 2.75) is 20.0 Å². The van der Waals surface area contributed by atoms with Gasteiger partial charge in [0, 0.05) is 6.92 Å². The average molecular weight is 134 g/mol. The maximum absolute atomic E-state index is 10.1. The predicted molar refractivity (Wildman–Crippen MR) is 31.5 cm³/mol. The van der Waals surface area contributed by atoms with Crippen LogP contribution in [0.25, 0.3) is 0 Å². The summed E-state index contributed by atoms with van der Waals surface area (Å²) in [4.78, 5) is 19.0. The summed E-state index contributed by atoms with van der Waals surface area (Å²) < 4.78 is 4.49. The minimum atomic E-state index is -2.57. The van der Waals surface area contributed by atoms with Crippen LogP contribution in [0.15, 0.2) is 0 Å². The third kappa shape index (κ3) is 5.65. The van der Waals surface area contributed by atoms with Crippen molar-refractivity contribution >= 4 is 14.5 Å². The van der Waals surface area contributed by atoms with E-state index < -0.39 is 14.5 Å². The monoisotopic (exact) mass is 134 g/mol. The Bertz CT molecular complexity index is 93.9. The van der Waals surface area contributed by atoms with E-state index in [4.69, 9.17) is 4.80 Å². The first-order chi connectivity index (χ1) is 3.42. The Morgan fingerprint density at radius 2 is 2.00 bits per heavy atom. The Labute approximate surface area is 49.5 Å². The molecule has 0 aliphatic carbocycles. The van der Waals surface area contributed by atoms with Crippen LogP contribution in [0.5, 0.6) is 0 Å². The van der Waals surface area contributed by atoms with E-state index in [9.17, 15) is 4.79 Å². The maximum atomic E-state index is 10.1. The van der Waals surface area contributed by atoms with Gasteiger partial charge >= 0.3 is 8.56 Å². The molecule has 48 valence electrons. The van der Waals surface area contributed by atoms with Gasteiger partial charge in [0.25, 0.3) is 5.97 Å². The lowest BCUT2D eigenvalue weighted by atomic mass is 10.9. The van der Waals surface area contributed by atoms with Crippen molar-refractivity contribution in [3.8, 4) is 0 Å². The summed E-state index contributed by atoms with van der Waals surface area (Å²) in [6.07, 6.45) is 0. The zero-order valence-electron chi connectivity index (χ0n) is 5.26. The number of carbonyl (C=O) groups is 1. The molecule has 0 heterocycles. The summed E-state index contributed by atoms with van der Waals surface area (Å²) in [7, 11) is -2.57. The SMILES string of the molecule is CC(=O)O[Si](C)(C)O. The molecule has 0 rings (SSSR count). The lowest BCUT2D eigenvalue weighted by molar-refractivity contribution is -0.133. The van der Waals surface area contributed by atoms with Crippen molar-refractivity contribution in [3.05, 3.63) is 0 Å². The molecule has 0 amide bonds. The molecule has 0 spiro atoms. The summed E-state index contributed by atoms with van der Waals surface area (Å²) >= 11 is 0. The topological polar surface area (TPSA) is 46.5 Å². The van der Waals surface area contributed by atoms with Gasteiger partial charge in [0.05, 0.1) is 0 Å². The Morgan fingerprint density at radius 1 is 1.62 bits per heavy atom. The molecule has 0 aromatic heterocycles. The number of hydrogen-bond donors (Lipinski definition) is 1. The van der Waals surface area contributed by atoms with Crippen LogP contribution in [0.2, 0.25) is 13.1 Å². The van der Waals surface area contributed by atoms with E-state index in [-0.39, 0.29) is 0 Å². The zero-order chi connectivity index (χ0) is 6.78. The van der Waals surface area contributed by atoms with Crippen LogP contribution in [0, 0.1) is 0 Å². The van der Waals surface area contributed by atoms with E-state index >= 15 is 0 Å². The van der Waals surface area contributed by atoms with E-state index in [0.29, 0.717) is 0 Å². The average Bonchev–Trinajstić information content (AvgIpc) is 1.21. The largest absolute Gasteiger partial charge is 0.495 e. The molecule has 3 nitrogen and oxygen atoms in total. The predicted octanol–water partition coefficient (Wildman–Crippen LogP) is 0.244. The molecule has 0 unspecified atom stereocenters. The maximum Gasteiger partial charge on any atom is 0.392 e. The van der Waals surface area contributed by atoms with Gasteiger partial charge in [0.15, 0.2) is 0 Å². The highest BCUT2D eigenvalue weighted by Crippen LogP contribution is 1.96. The first-order valence-electron chi connectivity index (χ1n) is 2.34. The smallest absolute Gasteiger partial charge is 0.392 e. The van der Waals surface area contributed by atoms with Crippen molar-refractivity contribution < 1.29 is 14.0 Å². The highest BCUT2D eigenvalue weighted by molar-refractivity contribution is 6.64. The molecule has 8 heavy (non-hydrogen) atoms. The highest BCUT2D eigenvalue weighted by atomic mass is 28.4. The molecule has 0 aromatic rings. The van der Waals surface area contributed by atoms with Crippen LogP contribution in [0.4, 0.5) is 0 Å². The number of rotatable bonds is 1. The summed E-state index contributed by atoms with van der Waals surface area (Å²) in [5, 5.41) is 0. The fraction of sp³-hybridized carbons (Fsp3) is 0.750. The van der Waals surface area contributed by atoms with Crippen LogP contribution < -0.4 is 0 Å². The highest BCUT2D eigenvalue weighted by Gasteiger charge is 2.21. The Morgan fingerprint density at radius 3 is 2.00 bits per heavy atom. The molecule has 1 N–H and O–H groups in total. The van der Waals surface area contributed by atoms with Crippen molar-refractivity contribution in [1.82, 2.24) is 0 Å². The molecule has 0 aromatic carbocycles. The molecular weight excluding hydrogens is 124 g/mol. The van der Waals surface area contributed by atoms with E-state index in [0.717, 1.165) is 0 Å². The molecule has 0 radical (unpaired) electrons. The fourth-order valence-corrected chi connectivity index (χ4v) is 1.06. The van der Waals surface area contributed by atoms with Crippen LogP contribution in [0.3, 0.4) is 0 Å². The molecule has 0 bridgehead atoms. The van der Waals surface area contributed by atoms with Crippen molar-refractivity contribution in [3.63, 3.8) is 0 Å². The van der Waals surface area contributed by atoms with Crippen LogP contribution in [-0.2, 0) is 9.22 Å². The Kier molecular flexibility index (Phi) is 2.18. The second-order valence-corrected chi connectivity index (χ2v) is 5.14. The van der Waals surface area contributed by atoms with E-state index in [1.807, 2.05) is 0 Å². The lowest BCUT2D eigenvalue weighted by Crippen LogP contribution is -2.31. The van der Waals surface area contributed by atoms with Crippen LogP contribution in [-0.4, -0.2) is 19.3 Å². The van der Waals surface area contributed by atoms with E-state index in [2.05, 4.69) is 4.43 Å². The molecule has 0 aliphatic heterocycles. The molecule has 0 fully saturated rings. The first-order valence-corrected chi connectivity index (χ1v) is 5.19. The standard InChI is InChI=1S/C4H10O3Si/c1-4(5)7-8(2,3)6/h6H,1-3H3. The third-order valence-corrected chi connectivity index (χ3v) is 1.18. The zero-order valence-corrected chi connectivity index (χ0v) is 6.26. The minimum Gasteiger partial charge on any atom is -0.495 e. The van der Waals surface area contributed by atoms with Gasteiger partial charge in [-0.05, 0) is 13.1 Å². The normalized spacial score (nSPS) is 11.0. The van der Waals surface area contributed by atoms with Gasteiger partial charge in [-0.15, -0.1) is 0 Å². The van der Waals surface area contributed by atoms with Gasteiger partial charge < -0.3 is 9.22 Å². The quantitative estimate of drug-likeness (QED) is 0.523. The van der Waals surface area contributed by atoms with Gasteiger partial charge in [-0.2, -0.15) is 0 Å². The van der Waals surface area contributed by atoms with Gasteiger partial charge in [0.1, 0.15) is 0 Å². The first kappa shape index (κ1) is 7.65. The summed E-state index contributed by atoms with van der Waals surface area (Å²) in [6, 6.07) is 0. The van der Waals surface area contributed by atoms with Crippen LogP contribution in [0.1, 0.15) is 6.92 Å². The second kappa shape index (κ2) is 2.28. The van der Waals surface area contributed by atoms with Crippen molar-refractivity contribution in [2.24, 2.45) is 0 Å².